The first-order valence-corrected chi connectivity index (χ1v) is 10.8. The fourth-order valence-corrected chi connectivity index (χ4v) is 3.32. The molecule has 4 aromatic rings. The molecular weight excluding hydrogens is 416 g/mol. The Balaban J connectivity index is 1.21. The Hall–Kier alpha value is -4.26. The molecule has 1 aromatic heterocycles. The number of carbonyl (C=O) groups is 2. The van der Waals surface area contributed by atoms with Crippen molar-refractivity contribution in [3.8, 4) is 11.1 Å². The lowest BCUT2D eigenvalue weighted by Crippen LogP contribution is -2.27. The zero-order chi connectivity index (χ0) is 22.9. The number of amides is 2. The summed E-state index contributed by atoms with van der Waals surface area (Å²) in [4.78, 5) is 28.7. The molecule has 0 aliphatic heterocycles. The normalized spacial score (nSPS) is 10.5. The molecule has 2 amide bonds. The van der Waals surface area contributed by atoms with Gasteiger partial charge in [0.2, 0.25) is 5.89 Å². The number of nitrogens with one attached hydrogen (secondary N) is 2. The third-order valence-corrected chi connectivity index (χ3v) is 5.09. The maximum Gasteiger partial charge on any atom is 0.292 e. The smallest absolute Gasteiger partial charge is 0.292 e. The lowest BCUT2D eigenvalue weighted by molar-refractivity contribution is 0.0937. The van der Waals surface area contributed by atoms with E-state index < -0.39 is 0 Å². The van der Waals surface area contributed by atoms with E-state index in [-0.39, 0.29) is 17.6 Å². The van der Waals surface area contributed by atoms with Gasteiger partial charge in [-0.05, 0) is 35.2 Å². The van der Waals surface area contributed by atoms with Gasteiger partial charge in [0.1, 0.15) is 0 Å². The average Bonchev–Trinajstić information content (AvgIpc) is 3.34. The first-order valence-electron chi connectivity index (χ1n) is 10.8. The molecule has 0 unspecified atom stereocenters. The predicted molar refractivity (Wildman–Crippen MR) is 125 cm³/mol. The van der Waals surface area contributed by atoms with Crippen molar-refractivity contribution in [2.45, 2.75) is 12.8 Å². The van der Waals surface area contributed by atoms with Gasteiger partial charge in [-0.15, -0.1) is 0 Å². The lowest BCUT2D eigenvalue weighted by Gasteiger charge is -2.05. The van der Waals surface area contributed by atoms with Crippen LogP contribution >= 0.6 is 0 Å². The van der Waals surface area contributed by atoms with Crippen LogP contribution in [0.15, 0.2) is 89.5 Å². The van der Waals surface area contributed by atoms with Crippen LogP contribution in [0.4, 0.5) is 0 Å². The second kappa shape index (κ2) is 10.9. The van der Waals surface area contributed by atoms with Gasteiger partial charge < -0.3 is 15.2 Å². The van der Waals surface area contributed by atoms with E-state index in [9.17, 15) is 9.59 Å². The summed E-state index contributed by atoms with van der Waals surface area (Å²) in [6.07, 6.45) is 1.05. The molecule has 0 fully saturated rings. The van der Waals surface area contributed by atoms with Crippen molar-refractivity contribution in [2.24, 2.45) is 0 Å². The minimum absolute atomic E-state index is 0.0131. The number of nitrogens with zero attached hydrogens (tertiary/aromatic N) is 2. The van der Waals surface area contributed by atoms with Gasteiger partial charge in [-0.3, -0.25) is 9.59 Å². The summed E-state index contributed by atoms with van der Waals surface area (Å²) in [5.74, 6) is -0.291. The first kappa shape index (κ1) is 22.0. The highest BCUT2D eigenvalue weighted by molar-refractivity contribution is 5.94. The van der Waals surface area contributed by atoms with Gasteiger partial charge in [0.05, 0.1) is 0 Å². The predicted octanol–water partition coefficient (Wildman–Crippen LogP) is 3.68. The van der Waals surface area contributed by atoms with Gasteiger partial charge in [-0.2, -0.15) is 4.98 Å². The standard InChI is InChI=1S/C26H24N4O3/c31-25(22-13-11-21(12-14-22)20-9-5-2-6-10-20)27-18-16-23-29-24(30-33-23)26(32)28-17-15-19-7-3-1-4-8-19/h1-14H,15-18H2,(H,27,31)(H,28,32). The maximum absolute atomic E-state index is 12.4. The molecule has 0 aliphatic rings. The zero-order valence-electron chi connectivity index (χ0n) is 18.0. The average molecular weight is 441 g/mol. The van der Waals surface area contributed by atoms with Gasteiger partial charge >= 0.3 is 0 Å². The zero-order valence-corrected chi connectivity index (χ0v) is 18.0. The van der Waals surface area contributed by atoms with Crippen molar-refractivity contribution in [1.82, 2.24) is 20.8 Å². The summed E-state index contributed by atoms with van der Waals surface area (Å²) in [5.41, 5.74) is 3.85. The Bertz CT molecular complexity index is 1190. The van der Waals surface area contributed by atoms with Crippen LogP contribution in [0.5, 0.6) is 0 Å². The fraction of sp³-hybridized carbons (Fsp3) is 0.154. The van der Waals surface area contributed by atoms with E-state index in [1.807, 2.05) is 72.8 Å². The van der Waals surface area contributed by atoms with E-state index in [0.717, 1.165) is 23.1 Å². The summed E-state index contributed by atoms with van der Waals surface area (Å²) in [6.45, 7) is 0.794. The Morgan fingerprint density at radius 2 is 1.30 bits per heavy atom. The van der Waals surface area contributed by atoms with Gasteiger partial charge in [0.25, 0.3) is 17.6 Å². The highest BCUT2D eigenvalue weighted by atomic mass is 16.5. The number of hydrogen-bond acceptors (Lipinski definition) is 5. The molecule has 0 saturated carbocycles. The van der Waals surface area contributed by atoms with Crippen LogP contribution in [-0.4, -0.2) is 35.0 Å². The number of aromatic nitrogens is 2. The molecule has 3 aromatic carbocycles. The third-order valence-electron chi connectivity index (χ3n) is 5.09. The van der Waals surface area contributed by atoms with Crippen molar-refractivity contribution < 1.29 is 14.1 Å². The van der Waals surface area contributed by atoms with E-state index in [0.29, 0.717) is 31.0 Å². The van der Waals surface area contributed by atoms with E-state index >= 15 is 0 Å². The molecule has 0 radical (unpaired) electrons. The molecule has 0 bridgehead atoms. The molecule has 0 spiro atoms. The molecule has 166 valence electrons. The maximum atomic E-state index is 12.4. The van der Waals surface area contributed by atoms with E-state index in [1.54, 1.807) is 12.1 Å². The number of rotatable bonds is 9. The number of hydrogen-bond donors (Lipinski definition) is 2. The second-order valence-electron chi connectivity index (χ2n) is 7.45. The summed E-state index contributed by atoms with van der Waals surface area (Å²) < 4.78 is 5.13. The highest BCUT2D eigenvalue weighted by Gasteiger charge is 2.14. The summed E-state index contributed by atoms with van der Waals surface area (Å²) >= 11 is 0. The fourth-order valence-electron chi connectivity index (χ4n) is 3.32. The lowest BCUT2D eigenvalue weighted by atomic mass is 10.0. The highest BCUT2D eigenvalue weighted by Crippen LogP contribution is 2.19. The molecule has 4 rings (SSSR count). The minimum atomic E-state index is -0.386. The summed E-state index contributed by atoms with van der Waals surface area (Å²) in [5, 5.41) is 9.33. The molecule has 2 N–H and O–H groups in total. The molecule has 0 saturated heterocycles. The van der Waals surface area contributed by atoms with E-state index in [4.69, 9.17) is 4.52 Å². The quantitative estimate of drug-likeness (QED) is 0.414. The van der Waals surface area contributed by atoms with Crippen molar-refractivity contribution >= 4 is 11.8 Å². The van der Waals surface area contributed by atoms with E-state index in [2.05, 4.69) is 20.8 Å². The second-order valence-corrected chi connectivity index (χ2v) is 7.45. The van der Waals surface area contributed by atoms with Crippen LogP contribution in [0.1, 0.15) is 32.4 Å². The molecule has 0 aliphatic carbocycles. The van der Waals surface area contributed by atoms with E-state index in [1.165, 1.54) is 0 Å². The SMILES string of the molecule is O=C(NCCc1nc(C(=O)NCCc2ccccc2)no1)c1ccc(-c2ccccc2)cc1. The Labute approximate surface area is 191 Å². The largest absolute Gasteiger partial charge is 0.352 e. The van der Waals surface area contributed by atoms with Crippen LogP contribution in [0.3, 0.4) is 0 Å². The topological polar surface area (TPSA) is 97.1 Å². The van der Waals surface area contributed by atoms with Gasteiger partial charge in [0, 0.05) is 25.1 Å². The third kappa shape index (κ3) is 6.13. The van der Waals surface area contributed by atoms with Gasteiger partial charge in [-0.25, -0.2) is 0 Å². The Morgan fingerprint density at radius 1 is 0.697 bits per heavy atom. The molecule has 7 nitrogen and oxygen atoms in total. The Morgan fingerprint density at radius 3 is 2.03 bits per heavy atom. The first-order chi connectivity index (χ1) is 16.2. The van der Waals surface area contributed by atoms with Crippen LogP contribution in [-0.2, 0) is 12.8 Å². The number of carbonyl (C=O) groups excluding carboxylic acids is 2. The summed E-state index contributed by atoms with van der Waals surface area (Å²) in [6, 6.07) is 27.3. The van der Waals surface area contributed by atoms with Crippen LogP contribution in [0.25, 0.3) is 11.1 Å². The van der Waals surface area contributed by atoms with Crippen molar-refractivity contribution in [1.29, 1.82) is 0 Å². The monoisotopic (exact) mass is 440 g/mol. The number of benzene rings is 3. The molecule has 1 heterocycles. The van der Waals surface area contributed by atoms with Gasteiger partial charge in [0.15, 0.2) is 0 Å². The van der Waals surface area contributed by atoms with Crippen LogP contribution < -0.4 is 10.6 Å². The van der Waals surface area contributed by atoms with Crippen LogP contribution in [0.2, 0.25) is 0 Å². The van der Waals surface area contributed by atoms with Crippen molar-refractivity contribution in [3.63, 3.8) is 0 Å². The Kier molecular flexibility index (Phi) is 7.22. The van der Waals surface area contributed by atoms with Gasteiger partial charge in [-0.1, -0.05) is 78.0 Å². The minimum Gasteiger partial charge on any atom is -0.352 e. The molecule has 0 atom stereocenters. The summed E-state index contributed by atoms with van der Waals surface area (Å²) in [7, 11) is 0. The molecule has 33 heavy (non-hydrogen) atoms. The van der Waals surface area contributed by atoms with Crippen molar-refractivity contribution in [3.05, 3.63) is 108 Å². The molecular formula is C26H24N4O3. The van der Waals surface area contributed by atoms with Crippen LogP contribution in [0, 0.1) is 0 Å². The molecule has 7 heteroatoms. The van der Waals surface area contributed by atoms with Crippen molar-refractivity contribution in [2.75, 3.05) is 13.1 Å².